The fraction of sp³-hybridized carbons (Fsp3) is 0.556. The van der Waals surface area contributed by atoms with Crippen molar-refractivity contribution < 1.29 is 14.6 Å². The van der Waals surface area contributed by atoms with Crippen molar-refractivity contribution in [1.29, 1.82) is 0 Å². The first-order valence-corrected chi connectivity index (χ1v) is 8.02. The average Bonchev–Trinajstić information content (AvgIpc) is 3.19. The van der Waals surface area contributed by atoms with Crippen LogP contribution >= 0.6 is 0 Å². The Morgan fingerprint density at radius 3 is 2.67 bits per heavy atom. The molecule has 2 fully saturated rings. The second kappa shape index (κ2) is 4.94. The molecule has 0 saturated carbocycles. The number of rotatable bonds is 4. The van der Waals surface area contributed by atoms with Crippen LogP contribution in [-0.4, -0.2) is 23.1 Å². The number of ether oxygens (including phenoxy) is 2. The summed E-state index contributed by atoms with van der Waals surface area (Å²) in [6.07, 6.45) is 6.98. The van der Waals surface area contributed by atoms with E-state index in [1.807, 2.05) is 18.2 Å². The van der Waals surface area contributed by atoms with E-state index in [2.05, 4.69) is 31.2 Å². The molecule has 3 aliphatic heterocycles. The van der Waals surface area contributed by atoms with E-state index in [1.165, 1.54) is 0 Å². The maximum absolute atomic E-state index is 11.1. The Labute approximate surface area is 125 Å². The number of hydrogen-bond acceptors (Lipinski definition) is 3. The monoisotopic (exact) mass is 286 g/mol. The number of unbranched alkanes of at least 4 members (excludes halogenated alkanes) is 1. The van der Waals surface area contributed by atoms with E-state index in [-0.39, 0.29) is 30.1 Å². The molecule has 0 spiro atoms. The van der Waals surface area contributed by atoms with Crippen LogP contribution < -0.4 is 0 Å². The van der Waals surface area contributed by atoms with Crippen molar-refractivity contribution in [2.45, 2.75) is 50.3 Å². The molecule has 1 aromatic rings. The van der Waals surface area contributed by atoms with Gasteiger partial charge in [-0.15, -0.1) is 0 Å². The van der Waals surface area contributed by atoms with Crippen LogP contribution in [0.1, 0.15) is 37.9 Å². The molecule has 21 heavy (non-hydrogen) atoms. The minimum atomic E-state index is -1.05. The molecule has 6 atom stereocenters. The highest BCUT2D eigenvalue weighted by molar-refractivity contribution is 5.27. The van der Waals surface area contributed by atoms with Crippen LogP contribution in [0.4, 0.5) is 0 Å². The van der Waals surface area contributed by atoms with Crippen LogP contribution in [0.2, 0.25) is 0 Å². The third-order valence-corrected chi connectivity index (χ3v) is 5.17. The molecule has 0 aromatic heterocycles. The van der Waals surface area contributed by atoms with Gasteiger partial charge in [-0.25, -0.2) is 0 Å². The van der Waals surface area contributed by atoms with E-state index >= 15 is 0 Å². The molecule has 3 heteroatoms. The molecule has 3 aliphatic rings. The Morgan fingerprint density at radius 1 is 1.14 bits per heavy atom. The van der Waals surface area contributed by atoms with Crippen molar-refractivity contribution in [1.82, 2.24) is 0 Å². The first-order valence-electron chi connectivity index (χ1n) is 8.02. The quantitative estimate of drug-likeness (QED) is 0.864. The van der Waals surface area contributed by atoms with E-state index in [4.69, 9.17) is 9.47 Å². The minimum absolute atomic E-state index is 0.00979. The molecule has 0 aliphatic carbocycles. The maximum atomic E-state index is 11.1. The van der Waals surface area contributed by atoms with Gasteiger partial charge in [0.15, 0.2) is 5.79 Å². The average molecular weight is 286 g/mol. The molecule has 2 saturated heterocycles. The topological polar surface area (TPSA) is 38.7 Å². The summed E-state index contributed by atoms with van der Waals surface area (Å²) in [6, 6.07) is 10.2. The SMILES string of the molecule is CCCC[C@]1(O)O[C@H](c2ccccc2)[C@@H]2[C@H]1[C@H]1C=C[C@@H]2O1. The van der Waals surface area contributed by atoms with Crippen molar-refractivity contribution in [2.24, 2.45) is 11.8 Å². The Bertz CT molecular complexity index is 541. The number of hydrogen-bond donors (Lipinski definition) is 1. The summed E-state index contributed by atoms with van der Waals surface area (Å²) in [5.41, 5.74) is 1.14. The molecule has 4 rings (SSSR count). The van der Waals surface area contributed by atoms with Gasteiger partial charge in [0.25, 0.3) is 0 Å². The summed E-state index contributed by atoms with van der Waals surface area (Å²) in [5.74, 6) is -0.765. The van der Waals surface area contributed by atoms with Gasteiger partial charge in [0.2, 0.25) is 0 Å². The van der Waals surface area contributed by atoms with E-state index < -0.39 is 5.79 Å². The third-order valence-electron chi connectivity index (χ3n) is 5.17. The molecule has 1 aromatic carbocycles. The predicted molar refractivity (Wildman–Crippen MR) is 79.5 cm³/mol. The van der Waals surface area contributed by atoms with Gasteiger partial charge in [0.05, 0.1) is 24.2 Å². The summed E-state index contributed by atoms with van der Waals surface area (Å²) < 4.78 is 12.2. The van der Waals surface area contributed by atoms with Gasteiger partial charge < -0.3 is 14.6 Å². The summed E-state index contributed by atoms with van der Waals surface area (Å²) in [4.78, 5) is 0. The van der Waals surface area contributed by atoms with Crippen molar-refractivity contribution in [3.63, 3.8) is 0 Å². The summed E-state index contributed by atoms with van der Waals surface area (Å²) >= 11 is 0. The van der Waals surface area contributed by atoms with Crippen molar-refractivity contribution >= 4 is 0 Å². The van der Waals surface area contributed by atoms with E-state index in [9.17, 15) is 5.11 Å². The summed E-state index contributed by atoms with van der Waals surface area (Å²) in [7, 11) is 0. The first kappa shape index (κ1) is 13.5. The van der Waals surface area contributed by atoms with E-state index in [0.717, 1.165) is 18.4 Å². The fourth-order valence-corrected chi connectivity index (χ4v) is 4.22. The molecule has 0 unspecified atom stereocenters. The van der Waals surface area contributed by atoms with Crippen molar-refractivity contribution in [3.05, 3.63) is 48.0 Å². The molecule has 3 heterocycles. The number of fused-ring (bicyclic) bond motifs is 5. The summed E-state index contributed by atoms with van der Waals surface area (Å²) in [5, 5.41) is 11.1. The second-order valence-corrected chi connectivity index (χ2v) is 6.45. The Hall–Kier alpha value is -1.16. The highest BCUT2D eigenvalue weighted by atomic mass is 16.6. The lowest BCUT2D eigenvalue weighted by molar-refractivity contribution is -0.229. The largest absolute Gasteiger partial charge is 0.366 e. The summed E-state index contributed by atoms with van der Waals surface area (Å²) in [6.45, 7) is 2.14. The zero-order chi connectivity index (χ0) is 14.4. The van der Waals surface area contributed by atoms with Gasteiger partial charge in [-0.05, 0) is 12.0 Å². The van der Waals surface area contributed by atoms with Gasteiger partial charge >= 0.3 is 0 Å². The van der Waals surface area contributed by atoms with Crippen molar-refractivity contribution in [2.75, 3.05) is 0 Å². The van der Waals surface area contributed by atoms with E-state index in [1.54, 1.807) is 0 Å². The number of benzene rings is 1. The van der Waals surface area contributed by atoms with Crippen LogP contribution in [0.15, 0.2) is 42.5 Å². The predicted octanol–water partition coefficient (Wildman–Crippen LogP) is 3.21. The zero-order valence-electron chi connectivity index (χ0n) is 12.3. The lowest BCUT2D eigenvalue weighted by atomic mass is 9.75. The van der Waals surface area contributed by atoms with E-state index in [0.29, 0.717) is 6.42 Å². The zero-order valence-corrected chi connectivity index (χ0v) is 12.3. The highest BCUT2D eigenvalue weighted by Gasteiger charge is 2.64. The molecule has 1 N–H and O–H groups in total. The molecule has 0 radical (unpaired) electrons. The standard InChI is InChI=1S/C18H22O3/c1-2-3-11-18(19)16-14-10-9-13(20-14)15(16)17(21-18)12-7-5-4-6-8-12/h4-10,13-17,19H,2-3,11H2,1H3/t13-,14+,15-,16+,17+,18-/m0/s1. The van der Waals surface area contributed by atoms with Gasteiger partial charge in [-0.2, -0.15) is 0 Å². The van der Waals surface area contributed by atoms with Gasteiger partial charge in [0.1, 0.15) is 0 Å². The Morgan fingerprint density at radius 2 is 1.90 bits per heavy atom. The third kappa shape index (κ3) is 1.99. The first-order chi connectivity index (χ1) is 10.2. The normalized spacial score (nSPS) is 43.4. The van der Waals surface area contributed by atoms with Gasteiger partial charge in [0, 0.05) is 12.3 Å². The lowest BCUT2D eigenvalue weighted by Gasteiger charge is -2.30. The van der Waals surface area contributed by atoms with Crippen LogP contribution in [0.3, 0.4) is 0 Å². The Balaban J connectivity index is 1.69. The minimum Gasteiger partial charge on any atom is -0.366 e. The highest BCUT2D eigenvalue weighted by Crippen LogP contribution is 2.58. The van der Waals surface area contributed by atoms with Crippen LogP contribution in [-0.2, 0) is 9.47 Å². The van der Waals surface area contributed by atoms with Crippen LogP contribution in [0, 0.1) is 11.8 Å². The molecule has 0 amide bonds. The molecule has 2 bridgehead atoms. The van der Waals surface area contributed by atoms with Crippen LogP contribution in [0.5, 0.6) is 0 Å². The number of aliphatic hydroxyl groups is 1. The lowest BCUT2D eigenvalue weighted by Crippen LogP contribution is -2.41. The Kier molecular flexibility index (Phi) is 3.18. The van der Waals surface area contributed by atoms with Crippen molar-refractivity contribution in [3.8, 4) is 0 Å². The molecular formula is C18H22O3. The van der Waals surface area contributed by atoms with Gasteiger partial charge in [-0.3, -0.25) is 0 Å². The molecule has 3 nitrogen and oxygen atoms in total. The van der Waals surface area contributed by atoms with Gasteiger partial charge in [-0.1, -0.05) is 55.8 Å². The maximum Gasteiger partial charge on any atom is 0.172 e. The smallest absolute Gasteiger partial charge is 0.172 e. The fourth-order valence-electron chi connectivity index (χ4n) is 4.22. The molecule has 112 valence electrons. The molecular weight excluding hydrogens is 264 g/mol. The second-order valence-electron chi connectivity index (χ2n) is 6.45. The van der Waals surface area contributed by atoms with Crippen LogP contribution in [0.25, 0.3) is 0 Å².